The fraction of sp³-hybridized carbons (Fsp3) is 0.533. The van der Waals surface area contributed by atoms with Gasteiger partial charge in [-0.2, -0.15) is 0 Å². The molecular formula is C15H21N3O2. The summed E-state index contributed by atoms with van der Waals surface area (Å²) in [6.07, 6.45) is 2.41. The Bertz CT molecular complexity index is 558. The molecule has 1 saturated heterocycles. The fourth-order valence-electron chi connectivity index (χ4n) is 2.86. The summed E-state index contributed by atoms with van der Waals surface area (Å²) < 4.78 is 5.65. The standard InChI is InChI=1S/C15H21N3O2/c1-9-15(2,5-6-20-9)18-13-7-10-3-4-14(19)17-12(10)8-11(13)16/h7-9,18H,3-6,16H2,1-2H3,(H,17,19). The van der Waals surface area contributed by atoms with Crippen LogP contribution in [0.15, 0.2) is 12.1 Å². The Morgan fingerprint density at radius 1 is 1.45 bits per heavy atom. The van der Waals surface area contributed by atoms with Gasteiger partial charge >= 0.3 is 0 Å². The molecule has 1 fully saturated rings. The van der Waals surface area contributed by atoms with Gasteiger partial charge in [-0.15, -0.1) is 0 Å². The minimum Gasteiger partial charge on any atom is -0.397 e. The van der Waals surface area contributed by atoms with E-state index in [1.54, 1.807) is 0 Å². The van der Waals surface area contributed by atoms with E-state index in [-0.39, 0.29) is 17.6 Å². The first-order valence-electron chi connectivity index (χ1n) is 7.10. The van der Waals surface area contributed by atoms with Crippen molar-refractivity contribution < 1.29 is 9.53 Å². The number of nitrogens with one attached hydrogen (secondary N) is 2. The van der Waals surface area contributed by atoms with Crippen molar-refractivity contribution in [1.29, 1.82) is 0 Å². The molecule has 2 atom stereocenters. The van der Waals surface area contributed by atoms with E-state index in [0.29, 0.717) is 12.1 Å². The Labute approximate surface area is 118 Å². The molecule has 2 aliphatic heterocycles. The van der Waals surface area contributed by atoms with Gasteiger partial charge in [0.15, 0.2) is 0 Å². The third-order valence-electron chi connectivity index (χ3n) is 4.48. The zero-order valence-corrected chi connectivity index (χ0v) is 12.0. The van der Waals surface area contributed by atoms with Gasteiger partial charge in [-0.3, -0.25) is 4.79 Å². The molecule has 108 valence electrons. The number of anilines is 3. The second-order valence-corrected chi connectivity index (χ2v) is 5.95. The SMILES string of the molecule is CC1OCCC1(C)Nc1cc2c(cc1N)NC(=O)CC2. The van der Waals surface area contributed by atoms with E-state index >= 15 is 0 Å². The minimum atomic E-state index is -0.0970. The molecule has 0 saturated carbocycles. The Morgan fingerprint density at radius 3 is 2.95 bits per heavy atom. The average molecular weight is 275 g/mol. The van der Waals surface area contributed by atoms with Crippen LogP contribution in [-0.4, -0.2) is 24.2 Å². The number of hydrogen-bond donors (Lipinski definition) is 3. The van der Waals surface area contributed by atoms with E-state index in [2.05, 4.69) is 30.5 Å². The molecular weight excluding hydrogens is 254 g/mol. The monoisotopic (exact) mass is 275 g/mol. The largest absolute Gasteiger partial charge is 0.397 e. The first-order chi connectivity index (χ1) is 9.48. The Morgan fingerprint density at radius 2 is 2.25 bits per heavy atom. The van der Waals surface area contributed by atoms with Crippen LogP contribution in [-0.2, 0) is 16.0 Å². The number of aryl methyl sites for hydroxylation is 1. The van der Waals surface area contributed by atoms with Crippen molar-refractivity contribution in [3.05, 3.63) is 17.7 Å². The Kier molecular flexibility index (Phi) is 3.09. The highest BCUT2D eigenvalue weighted by Gasteiger charge is 2.37. The van der Waals surface area contributed by atoms with Gasteiger partial charge < -0.3 is 21.1 Å². The lowest BCUT2D eigenvalue weighted by molar-refractivity contribution is -0.116. The molecule has 1 amide bonds. The van der Waals surface area contributed by atoms with Crippen LogP contribution >= 0.6 is 0 Å². The number of hydrogen-bond acceptors (Lipinski definition) is 4. The Hall–Kier alpha value is -1.75. The number of carbonyl (C=O) groups is 1. The van der Waals surface area contributed by atoms with Crippen molar-refractivity contribution in [3.63, 3.8) is 0 Å². The number of nitrogens with two attached hydrogens (primary N) is 1. The summed E-state index contributed by atoms with van der Waals surface area (Å²) >= 11 is 0. The summed E-state index contributed by atoms with van der Waals surface area (Å²) in [6, 6.07) is 3.90. The minimum absolute atomic E-state index is 0.0578. The summed E-state index contributed by atoms with van der Waals surface area (Å²) in [5.74, 6) is 0.0578. The van der Waals surface area contributed by atoms with Crippen LogP contribution in [0.4, 0.5) is 17.1 Å². The van der Waals surface area contributed by atoms with E-state index in [4.69, 9.17) is 10.5 Å². The van der Waals surface area contributed by atoms with Crippen LogP contribution in [0.2, 0.25) is 0 Å². The number of nitrogen functional groups attached to an aromatic ring is 1. The maximum atomic E-state index is 11.4. The number of ether oxygens (including phenoxy) is 1. The summed E-state index contributed by atoms with van der Waals surface area (Å²) in [4.78, 5) is 11.4. The van der Waals surface area contributed by atoms with E-state index < -0.39 is 0 Å². The number of fused-ring (bicyclic) bond motifs is 1. The van der Waals surface area contributed by atoms with Crippen LogP contribution in [0.25, 0.3) is 0 Å². The lowest BCUT2D eigenvalue weighted by atomic mass is 9.93. The smallest absolute Gasteiger partial charge is 0.224 e. The van der Waals surface area contributed by atoms with Gasteiger partial charge in [0.1, 0.15) is 0 Å². The molecule has 0 radical (unpaired) electrons. The maximum Gasteiger partial charge on any atom is 0.224 e. The molecule has 0 aromatic heterocycles. The molecule has 2 aliphatic rings. The van der Waals surface area contributed by atoms with Gasteiger partial charge in [-0.05, 0) is 44.4 Å². The molecule has 1 aromatic carbocycles. The summed E-state index contributed by atoms with van der Waals surface area (Å²) in [5.41, 5.74) is 9.58. The molecule has 0 aliphatic carbocycles. The van der Waals surface area contributed by atoms with E-state index in [1.807, 2.05) is 6.07 Å². The molecule has 0 bridgehead atoms. The van der Waals surface area contributed by atoms with Crippen molar-refractivity contribution in [1.82, 2.24) is 0 Å². The van der Waals surface area contributed by atoms with Crippen molar-refractivity contribution in [2.24, 2.45) is 0 Å². The lowest BCUT2D eigenvalue weighted by Crippen LogP contribution is -2.41. The predicted molar refractivity (Wildman–Crippen MR) is 79.9 cm³/mol. The average Bonchev–Trinajstić information content (AvgIpc) is 2.71. The number of rotatable bonds is 2. The highest BCUT2D eigenvalue weighted by molar-refractivity contribution is 5.95. The molecule has 2 heterocycles. The molecule has 5 heteroatoms. The van der Waals surface area contributed by atoms with E-state index in [0.717, 1.165) is 36.4 Å². The van der Waals surface area contributed by atoms with Crippen molar-refractivity contribution in [2.75, 3.05) is 23.0 Å². The molecule has 0 spiro atoms. The summed E-state index contributed by atoms with van der Waals surface area (Å²) in [5, 5.41) is 6.40. The van der Waals surface area contributed by atoms with Crippen LogP contribution < -0.4 is 16.4 Å². The summed E-state index contributed by atoms with van der Waals surface area (Å²) in [7, 11) is 0. The molecule has 5 nitrogen and oxygen atoms in total. The normalized spacial score (nSPS) is 28.9. The van der Waals surface area contributed by atoms with Crippen LogP contribution in [0.5, 0.6) is 0 Å². The lowest BCUT2D eigenvalue weighted by Gasteiger charge is -2.31. The van der Waals surface area contributed by atoms with Crippen LogP contribution in [0, 0.1) is 0 Å². The van der Waals surface area contributed by atoms with Gasteiger partial charge in [-0.25, -0.2) is 0 Å². The van der Waals surface area contributed by atoms with Crippen molar-refractivity contribution in [2.45, 2.75) is 44.8 Å². The first-order valence-corrected chi connectivity index (χ1v) is 7.10. The van der Waals surface area contributed by atoms with Crippen molar-refractivity contribution >= 4 is 23.0 Å². The van der Waals surface area contributed by atoms with Gasteiger partial charge in [0.2, 0.25) is 5.91 Å². The highest BCUT2D eigenvalue weighted by Crippen LogP contribution is 2.35. The van der Waals surface area contributed by atoms with Crippen molar-refractivity contribution in [3.8, 4) is 0 Å². The number of amides is 1. The molecule has 2 unspecified atom stereocenters. The van der Waals surface area contributed by atoms with Gasteiger partial charge in [-0.1, -0.05) is 0 Å². The second-order valence-electron chi connectivity index (χ2n) is 5.95. The third-order valence-corrected chi connectivity index (χ3v) is 4.48. The zero-order chi connectivity index (χ0) is 14.3. The summed E-state index contributed by atoms with van der Waals surface area (Å²) in [6.45, 7) is 5.01. The molecule has 1 aromatic rings. The molecule has 20 heavy (non-hydrogen) atoms. The van der Waals surface area contributed by atoms with E-state index in [9.17, 15) is 4.79 Å². The number of benzene rings is 1. The van der Waals surface area contributed by atoms with Gasteiger partial charge in [0, 0.05) is 18.7 Å². The van der Waals surface area contributed by atoms with Gasteiger partial charge in [0.05, 0.1) is 23.0 Å². The molecule has 4 N–H and O–H groups in total. The predicted octanol–water partition coefficient (Wildman–Crippen LogP) is 2.13. The quantitative estimate of drug-likeness (QED) is 0.723. The molecule has 3 rings (SSSR count). The van der Waals surface area contributed by atoms with Crippen LogP contribution in [0.1, 0.15) is 32.3 Å². The first kappa shape index (κ1) is 13.2. The Balaban J connectivity index is 1.89. The zero-order valence-electron chi connectivity index (χ0n) is 12.0. The van der Waals surface area contributed by atoms with Gasteiger partial charge in [0.25, 0.3) is 0 Å². The maximum absolute atomic E-state index is 11.4. The third kappa shape index (κ3) is 2.22. The fourth-order valence-corrected chi connectivity index (χ4v) is 2.86. The topological polar surface area (TPSA) is 76.4 Å². The van der Waals surface area contributed by atoms with Crippen LogP contribution in [0.3, 0.4) is 0 Å². The highest BCUT2D eigenvalue weighted by atomic mass is 16.5. The second kappa shape index (κ2) is 4.66. The number of carbonyl (C=O) groups excluding carboxylic acids is 1. The van der Waals surface area contributed by atoms with E-state index in [1.165, 1.54) is 0 Å².